The Bertz CT molecular complexity index is 413. The summed E-state index contributed by atoms with van der Waals surface area (Å²) in [4.78, 5) is 10.9. The Morgan fingerprint density at radius 3 is 2.33 bits per heavy atom. The van der Waals surface area contributed by atoms with Gasteiger partial charge in [-0.3, -0.25) is 4.79 Å². The molecule has 0 aliphatic rings. The predicted octanol–water partition coefficient (Wildman–Crippen LogP) is 3.38. The van der Waals surface area contributed by atoms with Crippen molar-refractivity contribution in [2.45, 2.75) is 13.1 Å². The van der Waals surface area contributed by atoms with Gasteiger partial charge in [-0.1, -0.05) is 0 Å². The van der Waals surface area contributed by atoms with Crippen molar-refractivity contribution in [2.24, 2.45) is 0 Å². The van der Waals surface area contributed by atoms with Crippen LogP contribution in [-0.4, -0.2) is 10.9 Å². The summed E-state index contributed by atoms with van der Waals surface area (Å²) in [7, 11) is 0. The number of rotatable bonds is 1. The van der Waals surface area contributed by atoms with Gasteiger partial charge in [0.15, 0.2) is 5.78 Å². The molecule has 0 saturated carbocycles. The van der Waals surface area contributed by atoms with Crippen LogP contribution in [0.4, 0.5) is 13.2 Å². The van der Waals surface area contributed by atoms with Crippen molar-refractivity contribution in [3.63, 3.8) is 0 Å². The van der Waals surface area contributed by atoms with Crippen LogP contribution in [0.5, 0.6) is 5.75 Å². The molecule has 0 unspecified atom stereocenters. The minimum atomic E-state index is -4.61. The number of carbonyl (C=O) groups excluding carboxylic acids is 1. The zero-order chi connectivity index (χ0) is 11.8. The van der Waals surface area contributed by atoms with Crippen molar-refractivity contribution in [1.82, 2.24) is 0 Å². The molecule has 1 N–H and O–H groups in total. The van der Waals surface area contributed by atoms with Crippen molar-refractivity contribution >= 4 is 21.7 Å². The highest BCUT2D eigenvalue weighted by atomic mass is 79.9. The lowest BCUT2D eigenvalue weighted by molar-refractivity contribution is -0.138. The average Bonchev–Trinajstić information content (AvgIpc) is 2.06. The second kappa shape index (κ2) is 3.84. The third-order valence-electron chi connectivity index (χ3n) is 1.77. The zero-order valence-electron chi connectivity index (χ0n) is 7.52. The molecule has 82 valence electrons. The van der Waals surface area contributed by atoms with Crippen LogP contribution in [0.2, 0.25) is 0 Å². The second-order valence-corrected chi connectivity index (χ2v) is 3.70. The number of phenolic OH excluding ortho intramolecular Hbond substituents is 1. The molecular formula is C9H6BrF3O2. The van der Waals surface area contributed by atoms with E-state index in [0.717, 1.165) is 13.0 Å². The van der Waals surface area contributed by atoms with E-state index in [0.29, 0.717) is 6.07 Å². The van der Waals surface area contributed by atoms with Crippen LogP contribution in [0.15, 0.2) is 16.6 Å². The third kappa shape index (κ3) is 2.50. The normalized spacial score (nSPS) is 11.5. The molecule has 2 nitrogen and oxygen atoms in total. The van der Waals surface area contributed by atoms with Gasteiger partial charge in [0, 0.05) is 5.56 Å². The smallest absolute Gasteiger partial charge is 0.417 e. The minimum Gasteiger partial charge on any atom is -0.507 e. The fourth-order valence-corrected chi connectivity index (χ4v) is 1.47. The molecular weight excluding hydrogens is 277 g/mol. The summed E-state index contributed by atoms with van der Waals surface area (Å²) < 4.78 is 36.8. The largest absolute Gasteiger partial charge is 0.507 e. The molecule has 0 bridgehead atoms. The molecule has 0 saturated heterocycles. The first-order valence-corrected chi connectivity index (χ1v) is 4.63. The molecule has 0 aliphatic heterocycles. The van der Waals surface area contributed by atoms with Gasteiger partial charge in [0.1, 0.15) is 5.75 Å². The Hall–Kier alpha value is -1.04. The van der Waals surface area contributed by atoms with Crippen molar-refractivity contribution in [1.29, 1.82) is 0 Å². The molecule has 1 rings (SSSR count). The highest BCUT2D eigenvalue weighted by Gasteiger charge is 2.34. The summed E-state index contributed by atoms with van der Waals surface area (Å²) in [6.45, 7) is 1.13. The van der Waals surface area contributed by atoms with E-state index in [2.05, 4.69) is 15.9 Å². The summed E-state index contributed by atoms with van der Waals surface area (Å²) in [5.74, 6) is -1.14. The van der Waals surface area contributed by atoms with Crippen LogP contribution in [0.3, 0.4) is 0 Å². The van der Waals surface area contributed by atoms with Crippen molar-refractivity contribution in [3.8, 4) is 5.75 Å². The number of phenols is 1. The topological polar surface area (TPSA) is 37.3 Å². The fraction of sp³-hybridized carbons (Fsp3) is 0.222. The molecule has 6 heteroatoms. The first kappa shape index (κ1) is 12.0. The molecule has 0 radical (unpaired) electrons. The van der Waals surface area contributed by atoms with Gasteiger partial charge in [0.2, 0.25) is 0 Å². The lowest BCUT2D eigenvalue weighted by Gasteiger charge is -2.11. The molecule has 0 amide bonds. The van der Waals surface area contributed by atoms with Crippen LogP contribution in [-0.2, 0) is 6.18 Å². The number of benzene rings is 1. The molecule has 15 heavy (non-hydrogen) atoms. The van der Waals surface area contributed by atoms with E-state index in [4.69, 9.17) is 0 Å². The fourth-order valence-electron chi connectivity index (χ4n) is 1.02. The van der Waals surface area contributed by atoms with E-state index in [9.17, 15) is 23.1 Å². The number of ketones is 1. The standard InChI is InChI=1S/C9H6BrF3O2/c1-4(14)5-2-6(9(11,12)13)8(10)7(15)3-5/h2-3,15H,1H3. The van der Waals surface area contributed by atoms with Crippen LogP contribution in [0.1, 0.15) is 22.8 Å². The average molecular weight is 283 g/mol. The molecule has 0 atom stereocenters. The number of Topliss-reactive ketones (excluding diaryl/α,β-unsaturated/α-hetero) is 1. The van der Waals surface area contributed by atoms with Gasteiger partial charge in [0.25, 0.3) is 0 Å². The quantitative estimate of drug-likeness (QED) is 0.802. The summed E-state index contributed by atoms with van der Waals surface area (Å²) in [5.41, 5.74) is -1.24. The van der Waals surface area contributed by atoms with Crippen LogP contribution in [0.25, 0.3) is 0 Å². The number of hydrogen-bond acceptors (Lipinski definition) is 2. The number of hydrogen-bond donors (Lipinski definition) is 1. The maximum absolute atomic E-state index is 12.4. The Balaban J connectivity index is 3.45. The van der Waals surface area contributed by atoms with Crippen LogP contribution >= 0.6 is 15.9 Å². The lowest BCUT2D eigenvalue weighted by atomic mass is 10.1. The first-order chi connectivity index (χ1) is 6.73. The van der Waals surface area contributed by atoms with Gasteiger partial charge < -0.3 is 5.11 Å². The molecule has 0 aromatic heterocycles. The van der Waals surface area contributed by atoms with Crippen molar-refractivity contribution in [3.05, 3.63) is 27.7 Å². The summed E-state index contributed by atoms with van der Waals surface area (Å²) in [6, 6.07) is 1.69. The van der Waals surface area contributed by atoms with Gasteiger partial charge >= 0.3 is 6.18 Å². The summed E-state index contributed by atoms with van der Waals surface area (Å²) in [5, 5.41) is 9.19. The summed E-state index contributed by atoms with van der Waals surface area (Å²) in [6.07, 6.45) is -4.61. The van der Waals surface area contributed by atoms with E-state index >= 15 is 0 Å². The Morgan fingerprint density at radius 2 is 1.93 bits per heavy atom. The molecule has 1 aromatic rings. The number of halogens is 4. The lowest BCUT2D eigenvalue weighted by Crippen LogP contribution is -2.08. The summed E-state index contributed by atoms with van der Waals surface area (Å²) >= 11 is 2.62. The van der Waals surface area contributed by atoms with Gasteiger partial charge in [0.05, 0.1) is 10.0 Å². The van der Waals surface area contributed by atoms with E-state index in [1.165, 1.54) is 0 Å². The highest BCUT2D eigenvalue weighted by Crippen LogP contribution is 2.39. The Kier molecular flexibility index (Phi) is 3.08. The van der Waals surface area contributed by atoms with Crippen molar-refractivity contribution < 1.29 is 23.1 Å². The maximum atomic E-state index is 12.4. The molecule has 0 spiro atoms. The predicted molar refractivity (Wildman–Crippen MR) is 50.8 cm³/mol. The minimum absolute atomic E-state index is 0.178. The first-order valence-electron chi connectivity index (χ1n) is 3.84. The van der Waals surface area contributed by atoms with E-state index in [1.54, 1.807) is 0 Å². The van der Waals surface area contributed by atoms with E-state index in [1.807, 2.05) is 0 Å². The number of alkyl halides is 3. The monoisotopic (exact) mass is 282 g/mol. The SMILES string of the molecule is CC(=O)c1cc(O)c(Br)c(C(F)(F)F)c1. The van der Waals surface area contributed by atoms with E-state index < -0.39 is 27.7 Å². The maximum Gasteiger partial charge on any atom is 0.417 e. The Morgan fingerprint density at radius 1 is 1.40 bits per heavy atom. The van der Waals surface area contributed by atoms with Crippen LogP contribution in [0, 0.1) is 0 Å². The van der Waals surface area contributed by atoms with Crippen LogP contribution < -0.4 is 0 Å². The van der Waals surface area contributed by atoms with Crippen molar-refractivity contribution in [2.75, 3.05) is 0 Å². The number of carbonyl (C=O) groups is 1. The zero-order valence-corrected chi connectivity index (χ0v) is 9.11. The molecule has 0 aliphatic carbocycles. The Labute approximate surface area is 91.8 Å². The second-order valence-electron chi connectivity index (χ2n) is 2.91. The van der Waals surface area contributed by atoms with E-state index in [-0.39, 0.29) is 5.56 Å². The van der Waals surface area contributed by atoms with Gasteiger partial charge in [-0.2, -0.15) is 13.2 Å². The highest BCUT2D eigenvalue weighted by molar-refractivity contribution is 9.10. The van der Waals surface area contributed by atoms with Gasteiger partial charge in [-0.15, -0.1) is 0 Å². The van der Waals surface area contributed by atoms with Gasteiger partial charge in [-0.25, -0.2) is 0 Å². The number of aromatic hydroxyl groups is 1. The third-order valence-corrected chi connectivity index (χ3v) is 2.60. The molecule has 0 heterocycles. The van der Waals surface area contributed by atoms with Gasteiger partial charge in [-0.05, 0) is 35.0 Å². The molecule has 1 aromatic carbocycles. The molecule has 0 fully saturated rings.